The van der Waals surface area contributed by atoms with Crippen molar-refractivity contribution in [2.24, 2.45) is 0 Å². The van der Waals surface area contributed by atoms with E-state index in [2.05, 4.69) is 13.8 Å². The van der Waals surface area contributed by atoms with E-state index in [1.54, 1.807) is 0 Å². The lowest BCUT2D eigenvalue weighted by molar-refractivity contribution is -0.0481. The summed E-state index contributed by atoms with van der Waals surface area (Å²) in [6, 6.07) is 0. The highest BCUT2D eigenvalue weighted by atomic mass is 16.6. The maximum atomic E-state index is 6.09. The van der Waals surface area contributed by atoms with Crippen molar-refractivity contribution in [2.75, 3.05) is 26.4 Å². The molecule has 0 aromatic carbocycles. The van der Waals surface area contributed by atoms with Gasteiger partial charge >= 0.3 is 0 Å². The van der Waals surface area contributed by atoms with Crippen molar-refractivity contribution >= 4 is 0 Å². The Balaban J connectivity index is 1.85. The van der Waals surface area contributed by atoms with Crippen molar-refractivity contribution in [3.63, 3.8) is 0 Å². The van der Waals surface area contributed by atoms with E-state index in [-0.39, 0.29) is 12.2 Å². The third-order valence-corrected chi connectivity index (χ3v) is 6.64. The first-order chi connectivity index (χ1) is 15.4. The molecule has 3 nitrogen and oxygen atoms in total. The molecule has 0 unspecified atom stereocenters. The molecule has 0 radical (unpaired) electrons. The fourth-order valence-electron chi connectivity index (χ4n) is 4.47. The first-order valence-corrected chi connectivity index (χ1v) is 14.2. The minimum Gasteiger partial charge on any atom is -0.376 e. The largest absolute Gasteiger partial charge is 0.376 e. The van der Waals surface area contributed by atoms with Crippen LogP contribution in [0.2, 0.25) is 0 Å². The van der Waals surface area contributed by atoms with Crippen LogP contribution in [0.1, 0.15) is 142 Å². The molecule has 1 aliphatic heterocycles. The molecule has 186 valence electrons. The van der Waals surface area contributed by atoms with Gasteiger partial charge in [0, 0.05) is 13.2 Å². The number of ether oxygens (including phenoxy) is 3. The van der Waals surface area contributed by atoms with E-state index in [1.165, 1.54) is 128 Å². The van der Waals surface area contributed by atoms with Gasteiger partial charge in [0.1, 0.15) is 12.2 Å². The van der Waals surface area contributed by atoms with Crippen LogP contribution >= 0.6 is 0 Å². The van der Waals surface area contributed by atoms with E-state index in [1.807, 2.05) is 0 Å². The van der Waals surface area contributed by atoms with Gasteiger partial charge in [0.2, 0.25) is 0 Å². The summed E-state index contributed by atoms with van der Waals surface area (Å²) in [5.41, 5.74) is 0. The predicted octanol–water partition coefficient (Wildman–Crippen LogP) is 8.63. The van der Waals surface area contributed by atoms with Gasteiger partial charge in [0.25, 0.3) is 0 Å². The molecular weight excluding hydrogens is 384 g/mol. The first-order valence-electron chi connectivity index (χ1n) is 14.2. The molecule has 0 spiro atoms. The van der Waals surface area contributed by atoms with E-state index >= 15 is 0 Å². The lowest BCUT2D eigenvalue weighted by Gasteiger charge is -2.19. The molecule has 0 saturated carbocycles. The SMILES string of the molecule is CCCCCCCCCCCCO[C@H]1COC[C@H]1OCCCCCCCCCCCC. The third-order valence-electron chi connectivity index (χ3n) is 6.64. The van der Waals surface area contributed by atoms with E-state index in [0.29, 0.717) is 13.2 Å². The Morgan fingerprint density at radius 2 is 0.742 bits per heavy atom. The van der Waals surface area contributed by atoms with Gasteiger partial charge in [0.15, 0.2) is 0 Å². The third kappa shape index (κ3) is 18.0. The van der Waals surface area contributed by atoms with Gasteiger partial charge in [-0.1, -0.05) is 129 Å². The molecule has 1 saturated heterocycles. The standard InChI is InChI=1S/C28H56O3/c1-3-5-7-9-11-13-15-17-19-21-23-30-27-25-29-26-28(27)31-24-22-20-18-16-14-12-10-8-6-4-2/h27-28H,3-26H2,1-2H3/t27-,28+. The fourth-order valence-corrected chi connectivity index (χ4v) is 4.47. The van der Waals surface area contributed by atoms with Crippen molar-refractivity contribution < 1.29 is 14.2 Å². The number of hydrogen-bond donors (Lipinski definition) is 0. The molecular formula is C28H56O3. The normalized spacial score (nSPS) is 18.8. The van der Waals surface area contributed by atoms with Crippen LogP contribution in [0, 0.1) is 0 Å². The topological polar surface area (TPSA) is 27.7 Å². The zero-order chi connectivity index (χ0) is 22.2. The molecule has 1 rings (SSSR count). The molecule has 0 N–H and O–H groups in total. The molecule has 0 amide bonds. The molecule has 1 aliphatic rings. The Morgan fingerprint density at radius 3 is 1.06 bits per heavy atom. The van der Waals surface area contributed by atoms with Gasteiger partial charge in [-0.05, 0) is 12.8 Å². The lowest BCUT2D eigenvalue weighted by atomic mass is 10.1. The zero-order valence-corrected chi connectivity index (χ0v) is 21.4. The van der Waals surface area contributed by atoms with E-state index in [4.69, 9.17) is 14.2 Å². The summed E-state index contributed by atoms with van der Waals surface area (Å²) in [5, 5.41) is 0. The number of unbranched alkanes of at least 4 members (excludes halogenated alkanes) is 18. The van der Waals surface area contributed by atoms with E-state index in [9.17, 15) is 0 Å². The van der Waals surface area contributed by atoms with E-state index < -0.39 is 0 Å². The van der Waals surface area contributed by atoms with Crippen molar-refractivity contribution in [1.82, 2.24) is 0 Å². The van der Waals surface area contributed by atoms with Crippen LogP contribution in [0.25, 0.3) is 0 Å². The molecule has 1 heterocycles. The fraction of sp³-hybridized carbons (Fsp3) is 1.00. The maximum Gasteiger partial charge on any atom is 0.109 e. The van der Waals surface area contributed by atoms with Crippen LogP contribution < -0.4 is 0 Å². The van der Waals surface area contributed by atoms with Gasteiger partial charge in [-0.2, -0.15) is 0 Å². The molecule has 0 aromatic heterocycles. The summed E-state index contributed by atoms with van der Waals surface area (Å²) in [4.78, 5) is 0. The molecule has 2 atom stereocenters. The van der Waals surface area contributed by atoms with Crippen LogP contribution in [0.3, 0.4) is 0 Å². The van der Waals surface area contributed by atoms with Gasteiger partial charge in [-0.15, -0.1) is 0 Å². The minimum atomic E-state index is 0.154. The van der Waals surface area contributed by atoms with Crippen molar-refractivity contribution in [1.29, 1.82) is 0 Å². The van der Waals surface area contributed by atoms with Crippen molar-refractivity contribution in [3.05, 3.63) is 0 Å². The summed E-state index contributed by atoms with van der Waals surface area (Å²) >= 11 is 0. The average Bonchev–Trinajstić information content (AvgIpc) is 3.23. The Morgan fingerprint density at radius 1 is 0.452 bits per heavy atom. The Kier molecular flexibility index (Phi) is 21.5. The van der Waals surface area contributed by atoms with Gasteiger partial charge in [-0.25, -0.2) is 0 Å². The van der Waals surface area contributed by atoms with Crippen LogP contribution in [0.5, 0.6) is 0 Å². The average molecular weight is 441 g/mol. The van der Waals surface area contributed by atoms with Crippen molar-refractivity contribution in [2.45, 2.75) is 154 Å². The monoisotopic (exact) mass is 440 g/mol. The second-order valence-corrected chi connectivity index (χ2v) is 9.72. The highest BCUT2D eigenvalue weighted by Crippen LogP contribution is 2.16. The van der Waals surface area contributed by atoms with Gasteiger partial charge in [-0.3, -0.25) is 0 Å². The molecule has 31 heavy (non-hydrogen) atoms. The molecule has 0 bridgehead atoms. The lowest BCUT2D eigenvalue weighted by Crippen LogP contribution is -2.30. The smallest absolute Gasteiger partial charge is 0.109 e. The highest BCUT2D eigenvalue weighted by molar-refractivity contribution is 4.76. The van der Waals surface area contributed by atoms with Crippen LogP contribution in [-0.4, -0.2) is 38.6 Å². The summed E-state index contributed by atoms with van der Waals surface area (Å²) in [5.74, 6) is 0. The first kappa shape index (κ1) is 28.9. The second kappa shape index (κ2) is 23.1. The summed E-state index contributed by atoms with van der Waals surface area (Å²) < 4.78 is 17.8. The Bertz CT molecular complexity index is 315. The van der Waals surface area contributed by atoms with Crippen LogP contribution in [0.15, 0.2) is 0 Å². The summed E-state index contributed by atoms with van der Waals surface area (Å²) in [7, 11) is 0. The zero-order valence-electron chi connectivity index (χ0n) is 21.4. The maximum absolute atomic E-state index is 6.09. The van der Waals surface area contributed by atoms with E-state index in [0.717, 1.165) is 13.2 Å². The molecule has 3 heteroatoms. The summed E-state index contributed by atoms with van der Waals surface area (Å²) in [6.45, 7) is 7.71. The minimum absolute atomic E-state index is 0.154. The van der Waals surface area contributed by atoms with Crippen LogP contribution in [0.4, 0.5) is 0 Å². The van der Waals surface area contributed by atoms with Gasteiger partial charge < -0.3 is 14.2 Å². The molecule has 0 aromatic rings. The highest BCUT2D eigenvalue weighted by Gasteiger charge is 2.29. The molecule has 1 fully saturated rings. The number of rotatable bonds is 24. The Hall–Kier alpha value is -0.120. The quantitative estimate of drug-likeness (QED) is 0.141. The second-order valence-electron chi connectivity index (χ2n) is 9.72. The van der Waals surface area contributed by atoms with Crippen molar-refractivity contribution in [3.8, 4) is 0 Å². The Labute approximate surface area is 195 Å². The summed E-state index contributed by atoms with van der Waals surface area (Å²) in [6.07, 6.45) is 27.7. The number of hydrogen-bond acceptors (Lipinski definition) is 3. The van der Waals surface area contributed by atoms with Gasteiger partial charge in [0.05, 0.1) is 13.2 Å². The van der Waals surface area contributed by atoms with Crippen LogP contribution in [-0.2, 0) is 14.2 Å². The molecule has 0 aliphatic carbocycles. The predicted molar refractivity (Wildman–Crippen MR) is 134 cm³/mol.